The number of carbonyl (C=O) groups is 1. The van der Waals surface area contributed by atoms with Crippen LogP contribution in [0.3, 0.4) is 0 Å². The molecule has 0 unspecified atom stereocenters. The molecule has 0 saturated heterocycles. The first-order valence-electron chi connectivity index (χ1n) is 5.55. The van der Waals surface area contributed by atoms with Crippen LogP contribution >= 0.6 is 15.9 Å². The number of nitrogen functional groups attached to an aromatic ring is 1. The fourth-order valence-electron chi connectivity index (χ4n) is 1.50. The first-order valence-corrected chi connectivity index (χ1v) is 6.34. The number of hydrogen-bond acceptors (Lipinski definition) is 3. The Kier molecular flexibility index (Phi) is 3.72. The van der Waals surface area contributed by atoms with Crippen molar-refractivity contribution in [3.8, 4) is 0 Å². The molecule has 0 aliphatic heterocycles. The van der Waals surface area contributed by atoms with Gasteiger partial charge in [-0.1, -0.05) is 6.92 Å². The van der Waals surface area contributed by atoms with E-state index in [1.165, 1.54) is 0 Å². The zero-order valence-electron chi connectivity index (χ0n) is 9.87. The van der Waals surface area contributed by atoms with E-state index >= 15 is 0 Å². The number of anilines is 2. The van der Waals surface area contributed by atoms with E-state index in [4.69, 9.17) is 10.2 Å². The van der Waals surface area contributed by atoms with E-state index in [1.54, 1.807) is 30.3 Å². The average Bonchev–Trinajstić information content (AvgIpc) is 2.82. The summed E-state index contributed by atoms with van der Waals surface area (Å²) in [6.07, 6.45) is 0.762. The lowest BCUT2D eigenvalue weighted by atomic mass is 10.3. The molecule has 0 atom stereocenters. The average molecular weight is 309 g/mol. The lowest BCUT2D eigenvalue weighted by Crippen LogP contribution is -2.11. The summed E-state index contributed by atoms with van der Waals surface area (Å²) in [6, 6.07) is 8.69. The quantitative estimate of drug-likeness (QED) is 0.853. The van der Waals surface area contributed by atoms with Crippen LogP contribution in [-0.4, -0.2) is 5.91 Å². The van der Waals surface area contributed by atoms with Gasteiger partial charge < -0.3 is 15.5 Å². The normalized spacial score (nSPS) is 10.3. The monoisotopic (exact) mass is 308 g/mol. The molecule has 18 heavy (non-hydrogen) atoms. The molecule has 94 valence electrons. The Morgan fingerprint density at radius 3 is 2.78 bits per heavy atom. The number of halogens is 1. The Labute approximate surface area is 113 Å². The Balaban J connectivity index is 2.13. The lowest BCUT2D eigenvalue weighted by Gasteiger charge is -2.05. The van der Waals surface area contributed by atoms with E-state index in [0.29, 0.717) is 17.1 Å². The standard InChI is InChI=1S/C13H13BrN2O2/c1-2-9-4-6-12(18-9)13(17)16-8-3-5-10(14)11(15)7-8/h3-7H,2,15H2,1H3,(H,16,17). The molecule has 0 spiro atoms. The topological polar surface area (TPSA) is 68.3 Å². The molecule has 1 aromatic heterocycles. The maximum Gasteiger partial charge on any atom is 0.291 e. The summed E-state index contributed by atoms with van der Waals surface area (Å²) in [5.41, 5.74) is 6.94. The van der Waals surface area contributed by atoms with Gasteiger partial charge in [0.25, 0.3) is 5.91 Å². The summed E-state index contributed by atoms with van der Waals surface area (Å²) >= 11 is 3.30. The lowest BCUT2D eigenvalue weighted by molar-refractivity contribution is 0.0995. The highest BCUT2D eigenvalue weighted by Gasteiger charge is 2.11. The van der Waals surface area contributed by atoms with Crippen molar-refractivity contribution in [1.29, 1.82) is 0 Å². The van der Waals surface area contributed by atoms with Crippen molar-refractivity contribution in [3.63, 3.8) is 0 Å². The number of rotatable bonds is 3. The summed E-state index contributed by atoms with van der Waals surface area (Å²) in [5, 5.41) is 2.73. The minimum Gasteiger partial charge on any atom is -0.456 e. The van der Waals surface area contributed by atoms with E-state index in [1.807, 2.05) is 6.92 Å². The second-order valence-corrected chi connectivity index (χ2v) is 4.66. The number of nitrogens with two attached hydrogens (primary N) is 1. The number of amides is 1. The third kappa shape index (κ3) is 2.73. The highest BCUT2D eigenvalue weighted by atomic mass is 79.9. The second-order valence-electron chi connectivity index (χ2n) is 3.81. The van der Waals surface area contributed by atoms with Crippen molar-refractivity contribution < 1.29 is 9.21 Å². The molecular weight excluding hydrogens is 296 g/mol. The van der Waals surface area contributed by atoms with Gasteiger partial charge in [-0.3, -0.25) is 4.79 Å². The second kappa shape index (κ2) is 5.27. The Bertz CT molecular complexity index is 578. The first kappa shape index (κ1) is 12.7. The van der Waals surface area contributed by atoms with Gasteiger partial charge in [0.15, 0.2) is 5.76 Å². The largest absolute Gasteiger partial charge is 0.456 e. The van der Waals surface area contributed by atoms with E-state index in [0.717, 1.165) is 16.7 Å². The van der Waals surface area contributed by atoms with E-state index in [2.05, 4.69) is 21.2 Å². The summed E-state index contributed by atoms with van der Waals surface area (Å²) in [4.78, 5) is 11.9. The van der Waals surface area contributed by atoms with Gasteiger partial charge >= 0.3 is 0 Å². The molecule has 1 aromatic carbocycles. The van der Waals surface area contributed by atoms with Crippen LogP contribution in [0.2, 0.25) is 0 Å². The van der Waals surface area contributed by atoms with Crippen LogP contribution in [0.4, 0.5) is 11.4 Å². The minimum absolute atomic E-state index is 0.281. The van der Waals surface area contributed by atoms with Gasteiger partial charge in [0.2, 0.25) is 0 Å². The zero-order chi connectivity index (χ0) is 13.1. The third-order valence-corrected chi connectivity index (χ3v) is 3.21. The third-order valence-electron chi connectivity index (χ3n) is 2.49. The van der Waals surface area contributed by atoms with Crippen molar-refractivity contribution >= 4 is 33.2 Å². The van der Waals surface area contributed by atoms with Crippen molar-refractivity contribution in [2.24, 2.45) is 0 Å². The number of benzene rings is 1. The van der Waals surface area contributed by atoms with Crippen molar-refractivity contribution in [2.75, 3.05) is 11.1 Å². The molecule has 1 heterocycles. The van der Waals surface area contributed by atoms with Gasteiger partial charge in [0.1, 0.15) is 5.76 Å². The SMILES string of the molecule is CCc1ccc(C(=O)Nc2ccc(Br)c(N)c2)o1. The highest BCUT2D eigenvalue weighted by Crippen LogP contribution is 2.23. The molecule has 0 aliphatic carbocycles. The summed E-state index contributed by atoms with van der Waals surface area (Å²) in [7, 11) is 0. The zero-order valence-corrected chi connectivity index (χ0v) is 11.5. The fraction of sp³-hybridized carbons (Fsp3) is 0.154. The maximum atomic E-state index is 11.9. The van der Waals surface area contributed by atoms with E-state index in [9.17, 15) is 4.79 Å². The van der Waals surface area contributed by atoms with Crippen LogP contribution in [-0.2, 0) is 6.42 Å². The molecule has 2 aromatic rings. The molecule has 0 fully saturated rings. The van der Waals surface area contributed by atoms with Gasteiger partial charge in [-0.05, 0) is 46.3 Å². The molecule has 1 amide bonds. The fourth-order valence-corrected chi connectivity index (χ4v) is 1.75. The summed E-state index contributed by atoms with van der Waals surface area (Å²) in [5.74, 6) is 0.806. The van der Waals surface area contributed by atoms with Crippen LogP contribution in [0.5, 0.6) is 0 Å². The smallest absolute Gasteiger partial charge is 0.291 e. The van der Waals surface area contributed by atoms with Gasteiger partial charge in [-0.15, -0.1) is 0 Å². The van der Waals surface area contributed by atoms with Crippen LogP contribution in [0.25, 0.3) is 0 Å². The number of aryl methyl sites for hydroxylation is 1. The van der Waals surface area contributed by atoms with Gasteiger partial charge in [0.05, 0.1) is 0 Å². The minimum atomic E-state index is -0.281. The molecule has 4 nitrogen and oxygen atoms in total. The van der Waals surface area contributed by atoms with Crippen LogP contribution in [0.15, 0.2) is 39.2 Å². The maximum absolute atomic E-state index is 11.9. The Morgan fingerprint density at radius 2 is 2.17 bits per heavy atom. The number of nitrogens with one attached hydrogen (secondary N) is 1. The van der Waals surface area contributed by atoms with Crippen molar-refractivity contribution in [1.82, 2.24) is 0 Å². The van der Waals surface area contributed by atoms with Gasteiger partial charge in [0, 0.05) is 22.3 Å². The molecule has 5 heteroatoms. The van der Waals surface area contributed by atoms with Crippen molar-refractivity contribution in [3.05, 3.63) is 46.3 Å². The Hall–Kier alpha value is -1.75. The first-order chi connectivity index (χ1) is 8.60. The summed E-state index contributed by atoms with van der Waals surface area (Å²) < 4.78 is 6.17. The van der Waals surface area contributed by atoms with Gasteiger partial charge in [-0.25, -0.2) is 0 Å². The molecule has 3 N–H and O–H groups in total. The van der Waals surface area contributed by atoms with E-state index in [-0.39, 0.29) is 5.91 Å². The number of furan rings is 1. The molecule has 0 saturated carbocycles. The molecular formula is C13H13BrN2O2. The van der Waals surface area contributed by atoms with Crippen molar-refractivity contribution in [2.45, 2.75) is 13.3 Å². The van der Waals surface area contributed by atoms with E-state index < -0.39 is 0 Å². The number of carbonyl (C=O) groups excluding carboxylic acids is 1. The number of hydrogen-bond donors (Lipinski definition) is 2. The van der Waals surface area contributed by atoms with Crippen LogP contribution in [0, 0.1) is 0 Å². The molecule has 0 bridgehead atoms. The highest BCUT2D eigenvalue weighted by molar-refractivity contribution is 9.10. The molecule has 2 rings (SSSR count). The predicted octanol–water partition coefficient (Wildman–Crippen LogP) is 3.44. The Morgan fingerprint density at radius 1 is 1.39 bits per heavy atom. The van der Waals surface area contributed by atoms with Crippen LogP contribution < -0.4 is 11.1 Å². The molecule has 0 aliphatic rings. The van der Waals surface area contributed by atoms with Gasteiger partial charge in [-0.2, -0.15) is 0 Å². The summed E-state index contributed by atoms with van der Waals surface area (Å²) in [6.45, 7) is 1.97. The van der Waals surface area contributed by atoms with Crippen LogP contribution in [0.1, 0.15) is 23.2 Å². The molecule has 0 radical (unpaired) electrons. The predicted molar refractivity (Wildman–Crippen MR) is 74.6 cm³/mol.